The summed E-state index contributed by atoms with van der Waals surface area (Å²) in [5, 5.41) is 0. The summed E-state index contributed by atoms with van der Waals surface area (Å²) in [6.07, 6.45) is 4.83. The molecule has 0 amide bonds. The molecule has 0 radical (unpaired) electrons. The number of likely N-dealkylation sites (tertiary alicyclic amines) is 1. The standard InChI is InChI=1S/C36H43BFNO3/c1-35(2)36(3,4)42-37(41-35)29-16-19-33-28(24-29)12-8-13-32(26-10-6-5-7-11-26)34(33)27-14-17-30(18-15-27)40-31-20-23-39(25-31)22-9-21-38/h5-7,10-11,14-19,24,31H,8-9,12-13,20-23,25H2,1-4H3. The summed E-state index contributed by atoms with van der Waals surface area (Å²) >= 11 is 0. The maximum Gasteiger partial charge on any atom is 0.494 e. The maximum absolute atomic E-state index is 12.6. The van der Waals surface area contributed by atoms with Gasteiger partial charge in [0.2, 0.25) is 0 Å². The summed E-state index contributed by atoms with van der Waals surface area (Å²) in [6, 6.07) is 26.2. The number of benzene rings is 3. The number of allylic oxidation sites excluding steroid dienone is 1. The summed E-state index contributed by atoms with van der Waals surface area (Å²) in [5.41, 5.74) is 8.09. The quantitative estimate of drug-likeness (QED) is 0.272. The Morgan fingerprint density at radius 2 is 1.64 bits per heavy atom. The number of hydrogen-bond donors (Lipinski definition) is 0. The summed E-state index contributed by atoms with van der Waals surface area (Å²) < 4.78 is 31.8. The molecule has 1 aliphatic carbocycles. The SMILES string of the molecule is CC1(C)OB(c2ccc3c(c2)CCCC(c2ccccc2)=C3c2ccc(OC3CCN(CCCF)C3)cc2)OC1(C)C. The van der Waals surface area contributed by atoms with Gasteiger partial charge < -0.3 is 14.0 Å². The zero-order valence-electron chi connectivity index (χ0n) is 25.5. The largest absolute Gasteiger partial charge is 0.494 e. The molecule has 0 saturated carbocycles. The van der Waals surface area contributed by atoms with Crippen LogP contribution < -0.4 is 10.2 Å². The molecule has 6 heteroatoms. The van der Waals surface area contributed by atoms with Gasteiger partial charge in [0.1, 0.15) is 11.9 Å². The second kappa shape index (κ2) is 12.0. The summed E-state index contributed by atoms with van der Waals surface area (Å²) in [5.74, 6) is 0.892. The average molecular weight is 568 g/mol. The van der Waals surface area contributed by atoms with Crippen molar-refractivity contribution < 1.29 is 18.4 Å². The Hall–Kier alpha value is -2.93. The highest BCUT2D eigenvalue weighted by Gasteiger charge is 2.51. The topological polar surface area (TPSA) is 30.9 Å². The van der Waals surface area contributed by atoms with Crippen LogP contribution in [0, 0.1) is 0 Å². The van der Waals surface area contributed by atoms with E-state index in [4.69, 9.17) is 14.0 Å². The molecule has 1 atom stereocenters. The van der Waals surface area contributed by atoms with Crippen LogP contribution in [0.5, 0.6) is 5.75 Å². The van der Waals surface area contributed by atoms with Gasteiger partial charge in [0.05, 0.1) is 17.9 Å². The smallest absolute Gasteiger partial charge is 0.489 e. The number of hydrogen-bond acceptors (Lipinski definition) is 4. The molecule has 220 valence electrons. The molecule has 0 aromatic heterocycles. The third-order valence-corrected chi connectivity index (χ3v) is 9.50. The maximum atomic E-state index is 12.6. The number of nitrogens with zero attached hydrogens (tertiary/aromatic N) is 1. The normalized spacial score (nSPS) is 21.8. The van der Waals surface area contributed by atoms with Crippen LogP contribution in [0.2, 0.25) is 0 Å². The highest BCUT2D eigenvalue weighted by Crippen LogP contribution is 2.41. The summed E-state index contributed by atoms with van der Waals surface area (Å²) in [4.78, 5) is 2.30. The number of fused-ring (bicyclic) bond motifs is 1. The minimum atomic E-state index is -0.371. The van der Waals surface area contributed by atoms with Crippen LogP contribution in [-0.4, -0.2) is 55.6 Å². The van der Waals surface area contributed by atoms with Gasteiger partial charge in [-0.3, -0.25) is 9.29 Å². The van der Waals surface area contributed by atoms with E-state index < -0.39 is 0 Å². The molecule has 0 N–H and O–H groups in total. The molecule has 2 fully saturated rings. The molecule has 4 nitrogen and oxygen atoms in total. The molecular weight excluding hydrogens is 524 g/mol. The van der Waals surface area contributed by atoms with Crippen molar-refractivity contribution in [3.8, 4) is 5.75 Å². The van der Waals surface area contributed by atoms with Crippen molar-refractivity contribution in [2.45, 2.75) is 77.1 Å². The van der Waals surface area contributed by atoms with E-state index in [1.807, 2.05) is 0 Å². The van der Waals surface area contributed by atoms with Crippen LogP contribution in [0.25, 0.3) is 11.1 Å². The van der Waals surface area contributed by atoms with E-state index in [9.17, 15) is 4.39 Å². The molecule has 2 saturated heterocycles. The lowest BCUT2D eigenvalue weighted by Crippen LogP contribution is -2.41. The molecule has 2 aliphatic heterocycles. The number of aryl methyl sites for hydroxylation is 1. The lowest BCUT2D eigenvalue weighted by molar-refractivity contribution is 0.00578. The molecule has 0 bridgehead atoms. The fourth-order valence-corrected chi connectivity index (χ4v) is 6.46. The van der Waals surface area contributed by atoms with Gasteiger partial charge in [-0.1, -0.05) is 60.7 Å². The predicted molar refractivity (Wildman–Crippen MR) is 170 cm³/mol. The summed E-state index contributed by atoms with van der Waals surface area (Å²) in [7, 11) is -0.371. The van der Waals surface area contributed by atoms with E-state index >= 15 is 0 Å². The van der Waals surface area contributed by atoms with Gasteiger partial charge >= 0.3 is 7.12 Å². The molecule has 42 heavy (non-hydrogen) atoms. The Kier molecular flexibility index (Phi) is 8.32. The van der Waals surface area contributed by atoms with Gasteiger partial charge in [0.15, 0.2) is 0 Å². The Bertz CT molecular complexity index is 1400. The van der Waals surface area contributed by atoms with Crippen molar-refractivity contribution in [3.63, 3.8) is 0 Å². The van der Waals surface area contributed by atoms with Crippen LogP contribution in [0.4, 0.5) is 4.39 Å². The number of halogens is 1. The third kappa shape index (κ3) is 5.95. The van der Waals surface area contributed by atoms with Gasteiger partial charge in [0, 0.05) is 19.6 Å². The third-order valence-electron chi connectivity index (χ3n) is 9.50. The molecule has 3 aromatic rings. The number of alkyl halides is 1. The van der Waals surface area contributed by atoms with Gasteiger partial charge in [0.25, 0.3) is 0 Å². The fourth-order valence-electron chi connectivity index (χ4n) is 6.46. The van der Waals surface area contributed by atoms with Gasteiger partial charge in [-0.2, -0.15) is 0 Å². The van der Waals surface area contributed by atoms with Crippen molar-refractivity contribution >= 4 is 23.7 Å². The molecule has 6 rings (SSSR count). The predicted octanol–water partition coefficient (Wildman–Crippen LogP) is 7.09. The van der Waals surface area contributed by atoms with Crippen molar-refractivity contribution in [1.82, 2.24) is 4.90 Å². The first-order valence-corrected chi connectivity index (χ1v) is 15.6. The average Bonchev–Trinajstić information content (AvgIpc) is 3.44. The second-order valence-electron chi connectivity index (χ2n) is 13.0. The minimum Gasteiger partial charge on any atom is -0.489 e. The molecule has 2 heterocycles. The van der Waals surface area contributed by atoms with Gasteiger partial charge in [-0.25, -0.2) is 0 Å². The first-order chi connectivity index (χ1) is 20.2. The zero-order valence-corrected chi connectivity index (χ0v) is 25.5. The van der Waals surface area contributed by atoms with E-state index in [1.54, 1.807) is 0 Å². The molecule has 3 aliphatic rings. The van der Waals surface area contributed by atoms with E-state index in [0.717, 1.165) is 56.5 Å². The van der Waals surface area contributed by atoms with Gasteiger partial charge in [-0.15, -0.1) is 0 Å². The minimum absolute atomic E-state index is 0.154. The monoisotopic (exact) mass is 567 g/mol. The van der Waals surface area contributed by atoms with E-state index in [0.29, 0.717) is 6.42 Å². The van der Waals surface area contributed by atoms with Crippen LogP contribution in [0.3, 0.4) is 0 Å². The highest BCUT2D eigenvalue weighted by atomic mass is 19.1. The van der Waals surface area contributed by atoms with E-state index in [2.05, 4.69) is 105 Å². The van der Waals surface area contributed by atoms with Crippen LogP contribution in [-0.2, 0) is 15.7 Å². The highest BCUT2D eigenvalue weighted by molar-refractivity contribution is 6.62. The first-order valence-electron chi connectivity index (χ1n) is 15.6. The molecule has 1 unspecified atom stereocenters. The molecule has 3 aromatic carbocycles. The Labute approximate surface area is 251 Å². The van der Waals surface area contributed by atoms with Crippen LogP contribution >= 0.6 is 0 Å². The molecule has 0 spiro atoms. The van der Waals surface area contributed by atoms with Crippen molar-refractivity contribution in [2.75, 3.05) is 26.3 Å². The van der Waals surface area contributed by atoms with E-state index in [1.165, 1.54) is 33.4 Å². The van der Waals surface area contributed by atoms with Crippen molar-refractivity contribution in [1.29, 1.82) is 0 Å². The lowest BCUT2D eigenvalue weighted by atomic mass is 9.76. The van der Waals surface area contributed by atoms with Crippen molar-refractivity contribution in [3.05, 3.63) is 95.1 Å². The summed E-state index contributed by atoms with van der Waals surface area (Å²) in [6.45, 7) is 10.8. The zero-order chi connectivity index (χ0) is 29.3. The van der Waals surface area contributed by atoms with Gasteiger partial charge in [-0.05, 0) is 111 Å². The number of ether oxygens (including phenoxy) is 1. The van der Waals surface area contributed by atoms with Crippen LogP contribution in [0.1, 0.15) is 75.6 Å². The lowest BCUT2D eigenvalue weighted by Gasteiger charge is -2.32. The van der Waals surface area contributed by atoms with Crippen LogP contribution in [0.15, 0.2) is 72.8 Å². The number of rotatable bonds is 8. The fraction of sp³-hybridized carbons (Fsp3) is 0.444. The van der Waals surface area contributed by atoms with Crippen molar-refractivity contribution in [2.24, 2.45) is 0 Å². The Morgan fingerprint density at radius 1 is 0.905 bits per heavy atom. The second-order valence-corrected chi connectivity index (χ2v) is 13.0. The Balaban J connectivity index is 1.31. The first kappa shape index (κ1) is 29.2. The Morgan fingerprint density at radius 3 is 2.36 bits per heavy atom. The van der Waals surface area contributed by atoms with E-state index in [-0.39, 0.29) is 31.1 Å². The molecular formula is C36H43BFNO3.